The Morgan fingerprint density at radius 3 is 2.14 bits per heavy atom. The van der Waals surface area contributed by atoms with E-state index in [9.17, 15) is 18.3 Å². The molecule has 2 rings (SSSR count). The Kier molecular flexibility index (Phi) is 6.52. The first kappa shape index (κ1) is 19.1. The van der Waals surface area contributed by atoms with Gasteiger partial charge in [0.15, 0.2) is 0 Å². The van der Waals surface area contributed by atoms with Crippen LogP contribution >= 0.6 is 12.4 Å². The van der Waals surface area contributed by atoms with Gasteiger partial charge in [-0.25, -0.2) is 0 Å². The zero-order chi connectivity index (χ0) is 15.6. The highest BCUT2D eigenvalue weighted by Gasteiger charge is 2.36. The van der Waals surface area contributed by atoms with E-state index in [1.54, 1.807) is 26.0 Å². The third-order valence-corrected chi connectivity index (χ3v) is 3.92. The molecule has 0 aromatic heterocycles. The van der Waals surface area contributed by atoms with Gasteiger partial charge in [-0.2, -0.15) is 13.2 Å². The van der Waals surface area contributed by atoms with Crippen molar-refractivity contribution in [2.24, 2.45) is 0 Å². The minimum Gasteiger partial charge on any atom is -0.507 e. The van der Waals surface area contributed by atoms with Crippen molar-refractivity contribution >= 4 is 12.4 Å². The number of piperazine rings is 1. The van der Waals surface area contributed by atoms with Crippen LogP contribution in [0.15, 0.2) is 12.1 Å². The van der Waals surface area contributed by atoms with Gasteiger partial charge < -0.3 is 10.4 Å². The van der Waals surface area contributed by atoms with E-state index in [1.165, 1.54) is 0 Å². The predicted octanol–water partition coefficient (Wildman–Crippen LogP) is 3.33. The van der Waals surface area contributed by atoms with Crippen LogP contribution in [0.4, 0.5) is 13.2 Å². The summed E-state index contributed by atoms with van der Waals surface area (Å²) in [7, 11) is 0. The summed E-state index contributed by atoms with van der Waals surface area (Å²) in [4.78, 5) is 1.87. The lowest BCUT2D eigenvalue weighted by Gasteiger charge is -2.36. The van der Waals surface area contributed by atoms with Crippen molar-refractivity contribution < 1.29 is 18.3 Å². The molecule has 0 amide bonds. The number of hydrogen-bond donors (Lipinski definition) is 2. The summed E-state index contributed by atoms with van der Waals surface area (Å²) < 4.78 is 38.8. The minimum absolute atomic E-state index is 0. The van der Waals surface area contributed by atoms with Crippen molar-refractivity contribution in [3.8, 4) is 5.75 Å². The summed E-state index contributed by atoms with van der Waals surface area (Å²) in [5, 5.41) is 13.0. The lowest BCUT2D eigenvalue weighted by molar-refractivity contribution is -0.148. The number of nitrogens with one attached hydrogen (secondary N) is 1. The van der Waals surface area contributed by atoms with Gasteiger partial charge in [-0.3, -0.25) is 4.90 Å². The molecule has 0 bridgehead atoms. The van der Waals surface area contributed by atoms with Gasteiger partial charge in [-0.05, 0) is 30.5 Å². The Balaban J connectivity index is 0.00000242. The van der Waals surface area contributed by atoms with Gasteiger partial charge in [0.1, 0.15) is 5.75 Å². The van der Waals surface area contributed by atoms with Crippen LogP contribution in [0.5, 0.6) is 5.75 Å². The average molecular weight is 339 g/mol. The first-order chi connectivity index (χ1) is 9.78. The van der Waals surface area contributed by atoms with Gasteiger partial charge >= 0.3 is 6.18 Å². The quantitative estimate of drug-likeness (QED) is 0.887. The number of benzene rings is 1. The van der Waals surface area contributed by atoms with Gasteiger partial charge in [-0.15, -0.1) is 12.4 Å². The van der Waals surface area contributed by atoms with Gasteiger partial charge in [-0.1, -0.05) is 12.1 Å². The van der Waals surface area contributed by atoms with Crippen molar-refractivity contribution in [1.29, 1.82) is 0 Å². The topological polar surface area (TPSA) is 35.5 Å². The predicted molar refractivity (Wildman–Crippen MR) is 82.7 cm³/mol. The third-order valence-electron chi connectivity index (χ3n) is 3.92. The van der Waals surface area contributed by atoms with E-state index in [0.717, 1.165) is 0 Å². The molecule has 1 fully saturated rings. The number of aryl methyl sites for hydroxylation is 2. The zero-order valence-electron chi connectivity index (χ0n) is 12.7. The Morgan fingerprint density at radius 2 is 1.68 bits per heavy atom. The molecule has 0 spiro atoms. The van der Waals surface area contributed by atoms with Crippen molar-refractivity contribution in [2.75, 3.05) is 26.2 Å². The van der Waals surface area contributed by atoms with E-state index in [2.05, 4.69) is 5.32 Å². The number of nitrogens with zero attached hydrogens (tertiary/aromatic N) is 1. The zero-order valence-corrected chi connectivity index (χ0v) is 13.5. The van der Waals surface area contributed by atoms with Crippen LogP contribution in [0.2, 0.25) is 0 Å². The van der Waals surface area contributed by atoms with Gasteiger partial charge in [0.05, 0.1) is 6.42 Å². The Bertz CT molecular complexity index is 479. The van der Waals surface area contributed by atoms with Crippen LogP contribution in [0.1, 0.15) is 29.2 Å². The number of hydrogen-bond acceptors (Lipinski definition) is 3. The van der Waals surface area contributed by atoms with E-state index in [1.807, 2.05) is 4.90 Å². The fourth-order valence-electron chi connectivity index (χ4n) is 2.85. The fraction of sp³-hybridized carbons (Fsp3) is 0.600. The molecular formula is C15H22ClF3N2O. The molecule has 126 valence electrons. The summed E-state index contributed by atoms with van der Waals surface area (Å²) in [6, 6.07) is 2.65. The molecule has 22 heavy (non-hydrogen) atoms. The molecule has 3 nitrogen and oxygen atoms in total. The fourth-order valence-corrected chi connectivity index (χ4v) is 2.85. The van der Waals surface area contributed by atoms with Crippen molar-refractivity contribution in [3.05, 3.63) is 28.8 Å². The monoisotopic (exact) mass is 338 g/mol. The summed E-state index contributed by atoms with van der Waals surface area (Å²) in [5.41, 5.74) is 1.86. The molecular weight excluding hydrogens is 317 g/mol. The van der Waals surface area contributed by atoms with Crippen LogP contribution in [-0.4, -0.2) is 42.4 Å². The van der Waals surface area contributed by atoms with Crippen molar-refractivity contribution in [3.63, 3.8) is 0 Å². The number of halogens is 4. The summed E-state index contributed by atoms with van der Waals surface area (Å²) in [6.07, 6.45) is -5.08. The second kappa shape index (κ2) is 7.53. The van der Waals surface area contributed by atoms with Crippen LogP contribution < -0.4 is 5.32 Å². The Morgan fingerprint density at radius 1 is 1.18 bits per heavy atom. The number of alkyl halides is 3. The highest BCUT2D eigenvalue weighted by atomic mass is 35.5. The second-order valence-corrected chi connectivity index (χ2v) is 5.62. The standard InChI is InChI=1S/C15H21F3N2O.ClH/c1-10-7-12(8-11(2)14(10)21)13(9-15(16,17)18)20-5-3-19-4-6-20;/h7-8,13,19,21H,3-6,9H2,1-2H3;1H/t13-;/m0./s1. The highest BCUT2D eigenvalue weighted by Crippen LogP contribution is 2.36. The molecule has 0 aliphatic carbocycles. The smallest absolute Gasteiger partial charge is 0.390 e. The molecule has 2 N–H and O–H groups in total. The number of aromatic hydroxyl groups is 1. The van der Waals surface area contributed by atoms with Crippen LogP contribution in [0.25, 0.3) is 0 Å². The lowest BCUT2D eigenvalue weighted by Crippen LogP contribution is -2.46. The van der Waals surface area contributed by atoms with E-state index in [-0.39, 0.29) is 18.2 Å². The molecule has 0 radical (unpaired) electrons. The van der Waals surface area contributed by atoms with Crippen LogP contribution in [0, 0.1) is 13.8 Å². The summed E-state index contributed by atoms with van der Waals surface area (Å²) in [5.74, 6) is 0.157. The largest absolute Gasteiger partial charge is 0.507 e. The molecule has 1 atom stereocenters. The first-order valence-corrected chi connectivity index (χ1v) is 7.09. The number of phenolic OH excluding ortho intramolecular Hbond substituents is 1. The van der Waals surface area contributed by atoms with Crippen molar-refractivity contribution in [1.82, 2.24) is 10.2 Å². The normalized spacial score (nSPS) is 17.9. The lowest BCUT2D eigenvalue weighted by atomic mass is 9.96. The molecule has 1 heterocycles. The second-order valence-electron chi connectivity index (χ2n) is 5.62. The van der Waals surface area contributed by atoms with E-state index in [4.69, 9.17) is 0 Å². The number of rotatable bonds is 3. The molecule has 1 aliphatic heterocycles. The molecule has 1 aliphatic rings. The SMILES string of the molecule is Cc1cc([C@H](CC(F)(F)F)N2CCNCC2)cc(C)c1O.Cl. The van der Waals surface area contributed by atoms with Crippen molar-refractivity contribution in [2.45, 2.75) is 32.5 Å². The van der Waals surface area contributed by atoms with E-state index in [0.29, 0.717) is 42.9 Å². The summed E-state index contributed by atoms with van der Waals surface area (Å²) >= 11 is 0. The van der Waals surface area contributed by atoms with Crippen LogP contribution in [0.3, 0.4) is 0 Å². The first-order valence-electron chi connectivity index (χ1n) is 7.09. The maximum absolute atomic E-state index is 12.9. The Labute approximate surface area is 134 Å². The maximum Gasteiger partial charge on any atom is 0.390 e. The van der Waals surface area contributed by atoms with Gasteiger partial charge in [0, 0.05) is 32.2 Å². The number of phenols is 1. The van der Waals surface area contributed by atoms with Crippen LogP contribution in [-0.2, 0) is 0 Å². The molecule has 1 aromatic rings. The highest BCUT2D eigenvalue weighted by molar-refractivity contribution is 5.85. The maximum atomic E-state index is 12.9. The molecule has 7 heteroatoms. The Hall–Kier alpha value is -0.980. The molecule has 1 aromatic carbocycles. The van der Waals surface area contributed by atoms with Gasteiger partial charge in [0.25, 0.3) is 0 Å². The minimum atomic E-state index is -4.21. The van der Waals surface area contributed by atoms with Gasteiger partial charge in [0.2, 0.25) is 0 Å². The third kappa shape index (κ3) is 4.76. The average Bonchev–Trinajstić information content (AvgIpc) is 2.41. The van der Waals surface area contributed by atoms with E-state index < -0.39 is 18.6 Å². The molecule has 0 unspecified atom stereocenters. The molecule has 1 saturated heterocycles. The molecule has 0 saturated carbocycles. The summed E-state index contributed by atoms with van der Waals surface area (Å²) in [6.45, 7) is 6.02. The van der Waals surface area contributed by atoms with E-state index >= 15 is 0 Å².